The number of rotatable bonds is 2. The van der Waals surface area contributed by atoms with E-state index in [1.165, 1.54) is 6.20 Å². The molecule has 1 amide bonds. The van der Waals surface area contributed by atoms with Crippen molar-refractivity contribution in [3.63, 3.8) is 0 Å². The number of carbonyl (C=O) groups is 1. The molecule has 1 aromatic heterocycles. The fourth-order valence-electron chi connectivity index (χ4n) is 1.80. The van der Waals surface area contributed by atoms with Crippen LogP contribution in [0.3, 0.4) is 0 Å². The van der Waals surface area contributed by atoms with E-state index < -0.39 is 0 Å². The number of aryl methyl sites for hydroxylation is 2. The number of benzene rings is 1. The van der Waals surface area contributed by atoms with Gasteiger partial charge in [0.2, 0.25) is 0 Å². The van der Waals surface area contributed by atoms with Crippen LogP contribution in [0.25, 0.3) is 0 Å². The Bertz CT molecular complexity index is 688. The average molecular weight is 355 g/mol. The van der Waals surface area contributed by atoms with Gasteiger partial charge in [-0.05, 0) is 53.0 Å². The lowest BCUT2D eigenvalue weighted by atomic mass is 10.0. The third-order valence-electron chi connectivity index (χ3n) is 2.91. The second-order valence-corrected chi connectivity index (χ2v) is 5.69. The lowest BCUT2D eigenvalue weighted by Crippen LogP contribution is -2.14. The minimum atomic E-state index is -0.231. The predicted molar refractivity (Wildman–Crippen MR) is 85.2 cm³/mol. The van der Waals surface area contributed by atoms with E-state index in [-0.39, 0.29) is 5.91 Å². The Morgan fingerprint density at radius 3 is 2.65 bits per heavy atom. The molecular formula is C14H13BrClN3O. The molecule has 4 nitrogen and oxygen atoms in total. The summed E-state index contributed by atoms with van der Waals surface area (Å²) in [6.45, 7) is 3.78. The molecule has 6 heteroatoms. The highest BCUT2D eigenvalue weighted by molar-refractivity contribution is 9.10. The molecule has 0 radical (unpaired) electrons. The molecule has 0 saturated heterocycles. The fourth-order valence-corrected chi connectivity index (χ4v) is 2.25. The molecule has 0 spiro atoms. The van der Waals surface area contributed by atoms with Gasteiger partial charge in [0.25, 0.3) is 5.91 Å². The number of amides is 1. The van der Waals surface area contributed by atoms with E-state index in [2.05, 4.69) is 26.2 Å². The smallest absolute Gasteiger partial charge is 0.256 e. The third kappa shape index (κ3) is 3.11. The maximum Gasteiger partial charge on any atom is 0.256 e. The summed E-state index contributed by atoms with van der Waals surface area (Å²) in [4.78, 5) is 16.2. The van der Waals surface area contributed by atoms with Crippen LogP contribution in [0, 0.1) is 13.8 Å². The number of nitrogens with one attached hydrogen (secondary N) is 1. The number of aromatic nitrogens is 1. The number of pyridine rings is 1. The largest absolute Gasteiger partial charge is 0.398 e. The maximum atomic E-state index is 12.3. The zero-order valence-corrected chi connectivity index (χ0v) is 13.3. The lowest BCUT2D eigenvalue weighted by molar-refractivity contribution is 0.102. The van der Waals surface area contributed by atoms with E-state index in [9.17, 15) is 4.79 Å². The van der Waals surface area contributed by atoms with Crippen LogP contribution in [0.5, 0.6) is 0 Å². The van der Waals surface area contributed by atoms with Crippen LogP contribution in [0.4, 0.5) is 11.4 Å². The molecule has 0 unspecified atom stereocenters. The van der Waals surface area contributed by atoms with Gasteiger partial charge in [0.15, 0.2) is 0 Å². The van der Waals surface area contributed by atoms with Crippen LogP contribution in [0.2, 0.25) is 5.15 Å². The molecule has 0 aliphatic carbocycles. The zero-order chi connectivity index (χ0) is 14.9. The van der Waals surface area contributed by atoms with E-state index in [1.807, 2.05) is 19.9 Å². The van der Waals surface area contributed by atoms with Crippen molar-refractivity contribution in [2.45, 2.75) is 13.8 Å². The second-order valence-electron chi connectivity index (χ2n) is 4.47. The van der Waals surface area contributed by atoms with E-state index in [4.69, 9.17) is 17.3 Å². The van der Waals surface area contributed by atoms with Crippen LogP contribution in [-0.2, 0) is 0 Å². The fraction of sp³-hybridized carbons (Fsp3) is 0.143. The molecule has 0 saturated carbocycles. The molecule has 1 aromatic carbocycles. The van der Waals surface area contributed by atoms with Gasteiger partial charge in [-0.3, -0.25) is 4.79 Å². The molecule has 0 aliphatic heterocycles. The van der Waals surface area contributed by atoms with Gasteiger partial charge < -0.3 is 11.1 Å². The topological polar surface area (TPSA) is 68.0 Å². The van der Waals surface area contributed by atoms with E-state index in [1.54, 1.807) is 12.1 Å². The molecule has 0 fully saturated rings. The Morgan fingerprint density at radius 1 is 1.30 bits per heavy atom. The van der Waals surface area contributed by atoms with Crippen LogP contribution in [-0.4, -0.2) is 10.9 Å². The van der Waals surface area contributed by atoms with Crippen molar-refractivity contribution in [1.29, 1.82) is 0 Å². The number of nitrogens with zero attached hydrogens (tertiary/aromatic N) is 1. The zero-order valence-electron chi connectivity index (χ0n) is 11.0. The Balaban J connectivity index is 2.28. The number of halogens is 2. The van der Waals surface area contributed by atoms with Gasteiger partial charge in [-0.25, -0.2) is 4.98 Å². The Labute approximate surface area is 130 Å². The van der Waals surface area contributed by atoms with Gasteiger partial charge in [-0.1, -0.05) is 17.7 Å². The van der Waals surface area contributed by atoms with E-state index in [0.717, 1.165) is 11.1 Å². The lowest BCUT2D eigenvalue weighted by Gasteiger charge is -2.10. The molecule has 20 heavy (non-hydrogen) atoms. The maximum absolute atomic E-state index is 12.3. The Morgan fingerprint density at radius 2 is 2.00 bits per heavy atom. The average Bonchev–Trinajstić information content (AvgIpc) is 2.38. The first-order valence-electron chi connectivity index (χ1n) is 5.87. The van der Waals surface area contributed by atoms with E-state index >= 15 is 0 Å². The predicted octanol–water partition coefficient (Wildman–Crippen LogP) is 3.95. The Hall–Kier alpha value is -1.59. The van der Waals surface area contributed by atoms with Gasteiger partial charge in [0.1, 0.15) is 5.15 Å². The summed E-state index contributed by atoms with van der Waals surface area (Å²) < 4.78 is 0.622. The van der Waals surface area contributed by atoms with Crippen molar-refractivity contribution >= 4 is 44.8 Å². The van der Waals surface area contributed by atoms with Gasteiger partial charge in [-0.15, -0.1) is 0 Å². The summed E-state index contributed by atoms with van der Waals surface area (Å²) >= 11 is 9.07. The molecule has 0 atom stereocenters. The summed E-state index contributed by atoms with van der Waals surface area (Å²) in [5, 5.41) is 3.11. The van der Waals surface area contributed by atoms with Gasteiger partial charge in [0, 0.05) is 11.3 Å². The summed E-state index contributed by atoms with van der Waals surface area (Å²) in [5.74, 6) is -0.231. The monoisotopic (exact) mass is 353 g/mol. The summed E-state index contributed by atoms with van der Waals surface area (Å²) in [5.41, 5.74) is 9.37. The van der Waals surface area contributed by atoms with Crippen molar-refractivity contribution in [2.24, 2.45) is 0 Å². The van der Waals surface area contributed by atoms with Crippen molar-refractivity contribution in [3.8, 4) is 0 Å². The van der Waals surface area contributed by atoms with Crippen LogP contribution < -0.4 is 11.1 Å². The molecule has 2 aromatic rings. The van der Waals surface area contributed by atoms with Gasteiger partial charge in [-0.2, -0.15) is 0 Å². The van der Waals surface area contributed by atoms with Gasteiger partial charge in [0.05, 0.1) is 16.4 Å². The number of nitrogens with two attached hydrogens (primary N) is 1. The standard InChI is InChI=1S/C14H13BrClN3O/c1-7-3-8(2)12(17)5-10(7)14(20)19-9-4-11(15)13(16)18-6-9/h3-6H,17H2,1-2H3,(H,19,20). The summed E-state index contributed by atoms with van der Waals surface area (Å²) in [7, 11) is 0. The molecule has 2 rings (SSSR count). The number of nitrogen functional groups attached to an aromatic ring is 1. The Kier molecular flexibility index (Phi) is 4.30. The highest BCUT2D eigenvalue weighted by atomic mass is 79.9. The summed E-state index contributed by atoms with van der Waals surface area (Å²) in [6, 6.07) is 5.26. The quantitative estimate of drug-likeness (QED) is 0.634. The SMILES string of the molecule is Cc1cc(C)c(C(=O)Nc2cnc(Cl)c(Br)c2)cc1N. The molecular weight excluding hydrogens is 342 g/mol. The molecule has 0 aliphatic rings. The summed E-state index contributed by atoms with van der Waals surface area (Å²) in [6.07, 6.45) is 1.50. The first-order chi connectivity index (χ1) is 9.38. The van der Waals surface area contributed by atoms with Crippen molar-refractivity contribution < 1.29 is 4.79 Å². The second kappa shape index (κ2) is 5.81. The van der Waals surface area contributed by atoms with Crippen molar-refractivity contribution in [2.75, 3.05) is 11.1 Å². The van der Waals surface area contributed by atoms with Gasteiger partial charge >= 0.3 is 0 Å². The number of anilines is 2. The van der Waals surface area contributed by atoms with Crippen molar-refractivity contribution in [1.82, 2.24) is 4.98 Å². The van der Waals surface area contributed by atoms with Crippen LogP contribution in [0.15, 0.2) is 28.9 Å². The molecule has 104 valence electrons. The van der Waals surface area contributed by atoms with Crippen LogP contribution in [0.1, 0.15) is 21.5 Å². The minimum absolute atomic E-state index is 0.231. The van der Waals surface area contributed by atoms with E-state index in [0.29, 0.717) is 26.6 Å². The minimum Gasteiger partial charge on any atom is -0.398 e. The third-order valence-corrected chi connectivity index (χ3v) is 4.05. The highest BCUT2D eigenvalue weighted by Gasteiger charge is 2.12. The first kappa shape index (κ1) is 14.8. The number of carbonyl (C=O) groups excluding carboxylic acids is 1. The van der Waals surface area contributed by atoms with Crippen LogP contribution >= 0.6 is 27.5 Å². The molecule has 3 N–H and O–H groups in total. The highest BCUT2D eigenvalue weighted by Crippen LogP contribution is 2.24. The first-order valence-corrected chi connectivity index (χ1v) is 7.04. The normalized spacial score (nSPS) is 10.4. The number of hydrogen-bond donors (Lipinski definition) is 2. The number of hydrogen-bond acceptors (Lipinski definition) is 3. The molecule has 1 heterocycles. The molecule has 0 bridgehead atoms. The van der Waals surface area contributed by atoms with Crippen molar-refractivity contribution in [3.05, 3.63) is 50.7 Å².